The van der Waals surface area contributed by atoms with Crippen LogP contribution in [0.4, 0.5) is 11.4 Å². The predicted octanol–water partition coefficient (Wildman–Crippen LogP) is 2.65. The molecule has 0 aromatic heterocycles. The SMILES string of the molecule is COc1ccc(N2C[C@@]34C=C[C@H](O3)C(C(=O)Nc3cc(OC)c(OC)c(OC)c3)[C@H]4C2=O)cc1. The first-order valence-corrected chi connectivity index (χ1v) is 10.9. The Morgan fingerprint density at radius 2 is 1.71 bits per heavy atom. The summed E-state index contributed by atoms with van der Waals surface area (Å²) >= 11 is 0. The van der Waals surface area contributed by atoms with Crippen molar-refractivity contribution in [1.82, 2.24) is 0 Å². The molecule has 0 saturated carbocycles. The molecule has 178 valence electrons. The second-order valence-electron chi connectivity index (χ2n) is 8.43. The lowest BCUT2D eigenvalue weighted by Crippen LogP contribution is -2.41. The summed E-state index contributed by atoms with van der Waals surface area (Å²) in [4.78, 5) is 28.6. The van der Waals surface area contributed by atoms with Crippen molar-refractivity contribution in [3.63, 3.8) is 0 Å². The number of ether oxygens (including phenoxy) is 5. The van der Waals surface area contributed by atoms with Crippen LogP contribution in [0.25, 0.3) is 0 Å². The molecule has 3 heterocycles. The van der Waals surface area contributed by atoms with Crippen LogP contribution in [0.15, 0.2) is 48.6 Å². The molecule has 2 aromatic carbocycles. The number of nitrogens with one attached hydrogen (secondary N) is 1. The fourth-order valence-corrected chi connectivity index (χ4v) is 5.16. The van der Waals surface area contributed by atoms with Gasteiger partial charge in [-0.2, -0.15) is 0 Å². The molecule has 2 amide bonds. The van der Waals surface area contributed by atoms with Crippen LogP contribution in [-0.4, -0.2) is 58.5 Å². The normalized spacial score (nSPS) is 26.4. The molecule has 0 radical (unpaired) electrons. The number of nitrogens with zero attached hydrogens (tertiary/aromatic N) is 1. The maximum absolute atomic E-state index is 13.5. The van der Waals surface area contributed by atoms with Crippen LogP contribution < -0.4 is 29.2 Å². The fraction of sp³-hybridized carbons (Fsp3) is 0.360. The lowest BCUT2D eigenvalue weighted by Gasteiger charge is -2.24. The molecule has 0 aliphatic carbocycles. The van der Waals surface area contributed by atoms with Gasteiger partial charge in [0.05, 0.1) is 52.9 Å². The Bertz CT molecular complexity index is 1140. The topological polar surface area (TPSA) is 95.6 Å². The van der Waals surface area contributed by atoms with Crippen LogP contribution in [0.5, 0.6) is 23.0 Å². The van der Waals surface area contributed by atoms with E-state index in [1.807, 2.05) is 24.3 Å². The highest BCUT2D eigenvalue weighted by Crippen LogP contribution is 2.53. The van der Waals surface area contributed by atoms with Gasteiger partial charge in [-0.05, 0) is 24.3 Å². The minimum absolute atomic E-state index is 0.137. The van der Waals surface area contributed by atoms with Gasteiger partial charge in [0.15, 0.2) is 11.5 Å². The first kappa shape index (κ1) is 22.1. The van der Waals surface area contributed by atoms with E-state index in [-0.39, 0.29) is 11.8 Å². The third kappa shape index (κ3) is 3.27. The number of carbonyl (C=O) groups is 2. The van der Waals surface area contributed by atoms with E-state index in [1.54, 1.807) is 36.3 Å². The molecule has 2 fully saturated rings. The van der Waals surface area contributed by atoms with E-state index in [0.717, 1.165) is 5.69 Å². The monoisotopic (exact) mass is 466 g/mol. The predicted molar refractivity (Wildman–Crippen MR) is 124 cm³/mol. The van der Waals surface area contributed by atoms with E-state index in [1.165, 1.54) is 21.3 Å². The van der Waals surface area contributed by atoms with Crippen molar-refractivity contribution in [2.75, 3.05) is 45.2 Å². The van der Waals surface area contributed by atoms with Crippen molar-refractivity contribution in [3.05, 3.63) is 48.6 Å². The summed E-state index contributed by atoms with van der Waals surface area (Å²) in [5.74, 6) is 0.234. The summed E-state index contributed by atoms with van der Waals surface area (Å²) in [6, 6.07) is 10.6. The minimum Gasteiger partial charge on any atom is -0.497 e. The zero-order valence-electron chi connectivity index (χ0n) is 19.4. The molecule has 3 aliphatic heterocycles. The van der Waals surface area contributed by atoms with Gasteiger partial charge in [0.2, 0.25) is 17.6 Å². The standard InChI is InChI=1S/C25H26N2O7/c1-30-16-7-5-15(6-8-16)27-13-25-10-9-17(34-25)20(21(25)24(27)29)23(28)26-14-11-18(31-2)22(33-4)19(12-14)32-3/h5-12,17,20-21H,13H2,1-4H3,(H,26,28)/t17-,20?,21-,25+/m0/s1. The molecule has 5 rings (SSSR count). The molecular weight excluding hydrogens is 440 g/mol. The Kier molecular flexibility index (Phi) is 5.36. The molecule has 3 aliphatic rings. The van der Waals surface area contributed by atoms with Crippen LogP contribution in [0.1, 0.15) is 0 Å². The molecule has 1 spiro atoms. The van der Waals surface area contributed by atoms with Crippen molar-refractivity contribution < 1.29 is 33.3 Å². The molecule has 1 N–H and O–H groups in total. The quantitative estimate of drug-likeness (QED) is 0.627. The fourth-order valence-electron chi connectivity index (χ4n) is 5.16. The molecule has 2 saturated heterocycles. The second-order valence-corrected chi connectivity index (χ2v) is 8.43. The number of fused-ring (bicyclic) bond motifs is 1. The van der Waals surface area contributed by atoms with Crippen LogP contribution in [0, 0.1) is 11.8 Å². The number of benzene rings is 2. The highest BCUT2D eigenvalue weighted by Gasteiger charge is 2.67. The summed E-state index contributed by atoms with van der Waals surface area (Å²) in [5.41, 5.74) is 0.385. The van der Waals surface area contributed by atoms with E-state index < -0.39 is 23.5 Å². The Balaban J connectivity index is 1.41. The van der Waals surface area contributed by atoms with Crippen LogP contribution in [-0.2, 0) is 14.3 Å². The first-order chi connectivity index (χ1) is 16.4. The number of hydrogen-bond donors (Lipinski definition) is 1. The summed E-state index contributed by atoms with van der Waals surface area (Å²) in [6.07, 6.45) is 3.34. The third-order valence-electron chi connectivity index (χ3n) is 6.72. The van der Waals surface area contributed by atoms with Gasteiger partial charge in [0.25, 0.3) is 0 Å². The van der Waals surface area contributed by atoms with E-state index in [4.69, 9.17) is 23.7 Å². The Morgan fingerprint density at radius 1 is 1.03 bits per heavy atom. The molecule has 9 nitrogen and oxygen atoms in total. The van der Waals surface area contributed by atoms with Gasteiger partial charge >= 0.3 is 0 Å². The summed E-state index contributed by atoms with van der Waals surface area (Å²) in [7, 11) is 6.11. The van der Waals surface area contributed by atoms with Crippen LogP contribution in [0.3, 0.4) is 0 Å². The van der Waals surface area contributed by atoms with Gasteiger partial charge in [0.1, 0.15) is 11.4 Å². The Hall–Kier alpha value is -3.72. The maximum atomic E-state index is 13.5. The number of methoxy groups -OCH3 is 4. The largest absolute Gasteiger partial charge is 0.497 e. The zero-order valence-corrected chi connectivity index (χ0v) is 19.4. The molecular formula is C25H26N2O7. The average molecular weight is 466 g/mol. The molecule has 34 heavy (non-hydrogen) atoms. The molecule has 1 unspecified atom stereocenters. The molecule has 4 atom stereocenters. The second kappa shape index (κ2) is 8.25. The van der Waals surface area contributed by atoms with E-state index in [0.29, 0.717) is 35.2 Å². The van der Waals surface area contributed by atoms with Crippen molar-refractivity contribution in [2.45, 2.75) is 11.7 Å². The number of anilines is 2. The van der Waals surface area contributed by atoms with Crippen molar-refractivity contribution in [1.29, 1.82) is 0 Å². The minimum atomic E-state index is -0.820. The highest BCUT2D eigenvalue weighted by molar-refractivity contribution is 6.05. The van der Waals surface area contributed by atoms with Gasteiger partial charge in [-0.3, -0.25) is 9.59 Å². The Labute approximate surface area is 197 Å². The van der Waals surface area contributed by atoms with Gasteiger partial charge in [-0.15, -0.1) is 0 Å². The molecule has 2 aromatic rings. The average Bonchev–Trinajstić information content (AvgIpc) is 3.51. The van der Waals surface area contributed by atoms with Gasteiger partial charge in [0, 0.05) is 23.5 Å². The van der Waals surface area contributed by atoms with Crippen molar-refractivity contribution in [2.24, 2.45) is 11.8 Å². The van der Waals surface area contributed by atoms with Gasteiger partial charge in [-0.1, -0.05) is 12.2 Å². The first-order valence-electron chi connectivity index (χ1n) is 10.9. The summed E-state index contributed by atoms with van der Waals surface area (Å²) in [6.45, 7) is 0.351. The lowest BCUT2D eigenvalue weighted by atomic mass is 9.77. The Morgan fingerprint density at radius 3 is 2.29 bits per heavy atom. The van der Waals surface area contributed by atoms with Gasteiger partial charge in [-0.25, -0.2) is 0 Å². The number of hydrogen-bond acceptors (Lipinski definition) is 7. The summed E-state index contributed by atoms with van der Waals surface area (Å²) < 4.78 is 27.5. The van der Waals surface area contributed by atoms with E-state index in [2.05, 4.69) is 5.32 Å². The van der Waals surface area contributed by atoms with Crippen LogP contribution in [0.2, 0.25) is 0 Å². The van der Waals surface area contributed by atoms with E-state index >= 15 is 0 Å². The van der Waals surface area contributed by atoms with Gasteiger partial charge < -0.3 is 33.9 Å². The maximum Gasteiger partial charge on any atom is 0.234 e. The van der Waals surface area contributed by atoms with Crippen molar-refractivity contribution in [3.8, 4) is 23.0 Å². The third-order valence-corrected chi connectivity index (χ3v) is 6.72. The summed E-state index contributed by atoms with van der Waals surface area (Å²) in [5, 5.41) is 2.91. The number of rotatable bonds is 7. The highest BCUT2D eigenvalue weighted by atomic mass is 16.5. The smallest absolute Gasteiger partial charge is 0.234 e. The molecule has 2 bridgehead atoms. The van der Waals surface area contributed by atoms with Crippen LogP contribution >= 0.6 is 0 Å². The van der Waals surface area contributed by atoms with Crippen molar-refractivity contribution >= 4 is 23.2 Å². The zero-order chi connectivity index (χ0) is 24.0. The van der Waals surface area contributed by atoms with E-state index in [9.17, 15) is 9.59 Å². The number of carbonyl (C=O) groups excluding carboxylic acids is 2. The lowest BCUT2D eigenvalue weighted by molar-refractivity contribution is -0.128. The molecule has 9 heteroatoms. The number of amides is 2.